The number of phenolic OH excluding ortho intramolecular Hbond substituents is 1. The summed E-state index contributed by atoms with van der Waals surface area (Å²) in [5, 5.41) is 12.8. The third-order valence-corrected chi connectivity index (χ3v) is 5.02. The van der Waals surface area contributed by atoms with Gasteiger partial charge in [-0.15, -0.1) is 0 Å². The van der Waals surface area contributed by atoms with Gasteiger partial charge in [-0.25, -0.2) is 4.98 Å². The number of rotatable bonds is 4. The minimum Gasteiger partial charge on any atom is -0.504 e. The molecule has 0 saturated heterocycles. The van der Waals surface area contributed by atoms with Crippen LogP contribution in [0.15, 0.2) is 24.4 Å². The molecule has 1 aliphatic rings. The first-order valence-electron chi connectivity index (χ1n) is 7.76. The first-order chi connectivity index (χ1) is 12.0. The number of pyridine rings is 1. The molecule has 0 radical (unpaired) electrons. The molecule has 0 atom stereocenters. The molecule has 2 N–H and O–H groups in total. The molecule has 1 aromatic carbocycles. The topological polar surface area (TPSA) is 71.5 Å². The maximum absolute atomic E-state index is 12.5. The lowest BCUT2D eigenvalue weighted by atomic mass is 10.1. The van der Waals surface area contributed by atoms with Crippen LogP contribution in [0.5, 0.6) is 11.5 Å². The largest absolute Gasteiger partial charge is 0.504 e. The highest BCUT2D eigenvalue weighted by atomic mass is 35.5. The standard InChI is InChI=1S/C17H15Cl3N2O3/c18-11-8-21-16(20)14(19)15(11)22-17(24)9-5-6-12(23)13(7-9)25-10-3-1-2-4-10/h5-8,10,23H,1-4H2,(H,21,22,24). The number of phenols is 1. The fourth-order valence-corrected chi connectivity index (χ4v) is 3.26. The van der Waals surface area contributed by atoms with Gasteiger partial charge >= 0.3 is 0 Å². The number of nitrogens with one attached hydrogen (secondary N) is 1. The number of halogens is 3. The molecular weight excluding hydrogens is 387 g/mol. The van der Waals surface area contributed by atoms with Gasteiger partial charge in [-0.3, -0.25) is 4.79 Å². The van der Waals surface area contributed by atoms with Gasteiger partial charge in [-0.2, -0.15) is 0 Å². The average molecular weight is 402 g/mol. The van der Waals surface area contributed by atoms with Crippen LogP contribution in [0.4, 0.5) is 5.69 Å². The van der Waals surface area contributed by atoms with E-state index < -0.39 is 5.91 Å². The molecular formula is C17H15Cl3N2O3. The predicted molar refractivity (Wildman–Crippen MR) is 98.2 cm³/mol. The summed E-state index contributed by atoms with van der Waals surface area (Å²) >= 11 is 17.9. The van der Waals surface area contributed by atoms with Gasteiger partial charge in [0, 0.05) is 11.8 Å². The first-order valence-corrected chi connectivity index (χ1v) is 8.89. The smallest absolute Gasteiger partial charge is 0.255 e. The zero-order chi connectivity index (χ0) is 18.0. The number of benzene rings is 1. The second-order valence-corrected chi connectivity index (χ2v) is 6.89. The second kappa shape index (κ2) is 7.68. The van der Waals surface area contributed by atoms with Crippen LogP contribution in [0.2, 0.25) is 15.2 Å². The van der Waals surface area contributed by atoms with Crippen LogP contribution in [0.3, 0.4) is 0 Å². The van der Waals surface area contributed by atoms with E-state index in [1.165, 1.54) is 24.4 Å². The van der Waals surface area contributed by atoms with Crippen LogP contribution in [0.25, 0.3) is 0 Å². The van der Waals surface area contributed by atoms with Gasteiger partial charge in [0.1, 0.15) is 10.2 Å². The summed E-state index contributed by atoms with van der Waals surface area (Å²) in [5.41, 5.74) is 0.477. The third kappa shape index (κ3) is 4.11. The molecule has 1 heterocycles. The fraction of sp³-hybridized carbons (Fsp3) is 0.294. The van der Waals surface area contributed by atoms with E-state index in [2.05, 4.69) is 10.3 Å². The quantitative estimate of drug-likeness (QED) is 0.680. The predicted octanol–water partition coefficient (Wildman–Crippen LogP) is 5.32. The normalized spacial score (nSPS) is 14.5. The highest BCUT2D eigenvalue weighted by Crippen LogP contribution is 2.35. The minimum atomic E-state index is -0.456. The Kier molecular flexibility index (Phi) is 5.57. The molecule has 8 heteroatoms. The molecule has 1 amide bonds. The summed E-state index contributed by atoms with van der Waals surface area (Å²) < 4.78 is 5.80. The molecule has 0 spiro atoms. The van der Waals surface area contributed by atoms with E-state index >= 15 is 0 Å². The van der Waals surface area contributed by atoms with Crippen molar-refractivity contribution in [3.05, 3.63) is 45.2 Å². The van der Waals surface area contributed by atoms with E-state index in [1.54, 1.807) is 0 Å². The van der Waals surface area contributed by atoms with Gasteiger partial charge in [-0.05, 0) is 43.9 Å². The van der Waals surface area contributed by atoms with Gasteiger partial charge in [-0.1, -0.05) is 34.8 Å². The number of carbonyl (C=O) groups is 1. The Morgan fingerprint density at radius 1 is 1.24 bits per heavy atom. The number of hydrogen-bond acceptors (Lipinski definition) is 4. The first kappa shape index (κ1) is 18.1. The maximum atomic E-state index is 12.5. The number of aromatic nitrogens is 1. The van der Waals surface area contributed by atoms with Crippen LogP contribution in [0, 0.1) is 0 Å². The average Bonchev–Trinajstić information content (AvgIpc) is 3.10. The zero-order valence-electron chi connectivity index (χ0n) is 13.1. The molecule has 1 saturated carbocycles. The Balaban J connectivity index is 1.82. The van der Waals surface area contributed by atoms with E-state index in [0.717, 1.165) is 25.7 Å². The lowest BCUT2D eigenvalue weighted by Gasteiger charge is -2.15. The van der Waals surface area contributed by atoms with E-state index in [0.29, 0.717) is 5.56 Å². The Bertz CT molecular complexity index is 808. The summed E-state index contributed by atoms with van der Waals surface area (Å²) in [6, 6.07) is 4.40. The Hall–Kier alpha value is -1.69. The molecule has 1 aliphatic carbocycles. The van der Waals surface area contributed by atoms with Gasteiger partial charge < -0.3 is 15.2 Å². The summed E-state index contributed by atoms with van der Waals surface area (Å²) in [5.74, 6) is -0.182. The molecule has 2 aromatic rings. The molecule has 0 unspecified atom stereocenters. The lowest BCUT2D eigenvalue weighted by Crippen LogP contribution is -2.14. The van der Waals surface area contributed by atoms with Crippen molar-refractivity contribution in [3.63, 3.8) is 0 Å². The molecule has 0 bridgehead atoms. The van der Waals surface area contributed by atoms with Crippen molar-refractivity contribution in [2.24, 2.45) is 0 Å². The number of amides is 1. The van der Waals surface area contributed by atoms with Crippen molar-refractivity contribution >= 4 is 46.4 Å². The number of nitrogens with zero attached hydrogens (tertiary/aromatic N) is 1. The van der Waals surface area contributed by atoms with Crippen LogP contribution >= 0.6 is 34.8 Å². The van der Waals surface area contributed by atoms with Crippen LogP contribution < -0.4 is 10.1 Å². The van der Waals surface area contributed by atoms with Crippen molar-refractivity contribution in [2.75, 3.05) is 5.32 Å². The third-order valence-electron chi connectivity index (χ3n) is 3.99. The fourth-order valence-electron chi connectivity index (χ4n) is 2.68. The molecule has 1 fully saturated rings. The summed E-state index contributed by atoms with van der Waals surface area (Å²) in [7, 11) is 0. The maximum Gasteiger partial charge on any atom is 0.255 e. The van der Waals surface area contributed by atoms with Crippen LogP contribution in [-0.2, 0) is 0 Å². The van der Waals surface area contributed by atoms with E-state index in [1.807, 2.05) is 0 Å². The summed E-state index contributed by atoms with van der Waals surface area (Å²) in [6.07, 6.45) is 5.45. The number of anilines is 1. The Labute approximate surface area is 159 Å². The van der Waals surface area contributed by atoms with Gasteiger partial charge in [0.15, 0.2) is 11.5 Å². The molecule has 3 rings (SSSR count). The number of hydrogen-bond donors (Lipinski definition) is 2. The highest BCUT2D eigenvalue weighted by Gasteiger charge is 2.20. The van der Waals surface area contributed by atoms with Crippen LogP contribution in [-0.4, -0.2) is 22.1 Å². The van der Waals surface area contributed by atoms with Gasteiger partial charge in [0.2, 0.25) is 0 Å². The van der Waals surface area contributed by atoms with E-state index in [-0.39, 0.29) is 38.5 Å². The van der Waals surface area contributed by atoms with Gasteiger partial charge in [0.25, 0.3) is 5.91 Å². The van der Waals surface area contributed by atoms with E-state index in [4.69, 9.17) is 39.5 Å². The van der Waals surface area contributed by atoms with Crippen molar-refractivity contribution in [2.45, 2.75) is 31.8 Å². The zero-order valence-corrected chi connectivity index (χ0v) is 15.3. The van der Waals surface area contributed by atoms with E-state index in [9.17, 15) is 9.90 Å². The molecule has 25 heavy (non-hydrogen) atoms. The summed E-state index contributed by atoms with van der Waals surface area (Å²) in [4.78, 5) is 16.3. The number of carbonyl (C=O) groups excluding carboxylic acids is 1. The van der Waals surface area contributed by atoms with Crippen LogP contribution in [0.1, 0.15) is 36.0 Å². The Morgan fingerprint density at radius 2 is 1.96 bits per heavy atom. The molecule has 5 nitrogen and oxygen atoms in total. The molecule has 1 aromatic heterocycles. The Morgan fingerprint density at radius 3 is 2.68 bits per heavy atom. The second-order valence-electron chi connectivity index (χ2n) is 5.75. The molecule has 132 valence electrons. The minimum absolute atomic E-state index is 0.00790. The SMILES string of the molecule is O=C(Nc1c(Cl)cnc(Cl)c1Cl)c1ccc(O)c(OC2CCCC2)c1. The molecule has 0 aliphatic heterocycles. The van der Waals surface area contributed by atoms with Crippen molar-refractivity contribution < 1.29 is 14.6 Å². The van der Waals surface area contributed by atoms with Crippen molar-refractivity contribution in [1.82, 2.24) is 4.98 Å². The van der Waals surface area contributed by atoms with Crippen molar-refractivity contribution in [3.8, 4) is 11.5 Å². The summed E-state index contributed by atoms with van der Waals surface area (Å²) in [6.45, 7) is 0. The van der Waals surface area contributed by atoms with Gasteiger partial charge in [0.05, 0.1) is 16.8 Å². The van der Waals surface area contributed by atoms with Crippen molar-refractivity contribution in [1.29, 1.82) is 0 Å². The monoisotopic (exact) mass is 400 g/mol. The lowest BCUT2D eigenvalue weighted by molar-refractivity contribution is 0.102. The highest BCUT2D eigenvalue weighted by molar-refractivity contribution is 6.45. The number of ether oxygens (including phenoxy) is 1. The number of aromatic hydroxyl groups is 1.